The van der Waals surface area contributed by atoms with Crippen LogP contribution in [0.2, 0.25) is 0 Å². The van der Waals surface area contributed by atoms with Crippen LogP contribution in [0.3, 0.4) is 0 Å². The van der Waals surface area contributed by atoms with Gasteiger partial charge in [0.1, 0.15) is 0 Å². The average Bonchev–Trinajstić information content (AvgIpc) is 2.48. The molecule has 1 unspecified atom stereocenters. The molecule has 0 saturated carbocycles. The fourth-order valence-electron chi connectivity index (χ4n) is 2.52. The first-order valence-electron chi connectivity index (χ1n) is 7.36. The Labute approximate surface area is 125 Å². The Bertz CT molecular complexity index is 511. The van der Waals surface area contributed by atoms with Crippen LogP contribution in [0.4, 0.5) is 10.5 Å². The molecule has 21 heavy (non-hydrogen) atoms. The van der Waals surface area contributed by atoms with Gasteiger partial charge in [-0.15, -0.1) is 0 Å². The lowest BCUT2D eigenvalue weighted by atomic mass is 9.99. The molecule has 1 saturated heterocycles. The summed E-state index contributed by atoms with van der Waals surface area (Å²) in [5, 5.41) is 11.9. The Kier molecular flexibility index (Phi) is 4.83. The Morgan fingerprint density at radius 1 is 1.29 bits per heavy atom. The highest BCUT2D eigenvalue weighted by Crippen LogP contribution is 2.20. The van der Waals surface area contributed by atoms with Gasteiger partial charge < -0.3 is 15.3 Å². The molecule has 1 heterocycles. The van der Waals surface area contributed by atoms with Crippen molar-refractivity contribution in [3.63, 3.8) is 0 Å². The molecule has 2 amide bonds. The van der Waals surface area contributed by atoms with Crippen molar-refractivity contribution < 1.29 is 14.7 Å². The van der Waals surface area contributed by atoms with Crippen LogP contribution in [0.5, 0.6) is 0 Å². The molecule has 1 atom stereocenters. The van der Waals surface area contributed by atoms with Crippen molar-refractivity contribution in [1.29, 1.82) is 0 Å². The van der Waals surface area contributed by atoms with Crippen LogP contribution < -0.4 is 5.32 Å². The van der Waals surface area contributed by atoms with Crippen LogP contribution in [-0.2, 0) is 4.79 Å². The second kappa shape index (κ2) is 6.61. The van der Waals surface area contributed by atoms with Crippen molar-refractivity contribution in [2.45, 2.75) is 32.6 Å². The predicted molar refractivity (Wildman–Crippen MR) is 81.5 cm³/mol. The molecule has 5 heteroatoms. The highest BCUT2D eigenvalue weighted by Gasteiger charge is 2.28. The molecule has 0 aromatic heterocycles. The molecule has 0 aliphatic carbocycles. The first-order chi connectivity index (χ1) is 9.97. The minimum atomic E-state index is -0.825. The molecule has 0 spiro atoms. The van der Waals surface area contributed by atoms with Gasteiger partial charge in [-0.05, 0) is 36.5 Å². The van der Waals surface area contributed by atoms with Gasteiger partial charge in [-0.3, -0.25) is 4.79 Å². The molecule has 1 aliphatic rings. The van der Waals surface area contributed by atoms with Crippen LogP contribution in [0.1, 0.15) is 38.2 Å². The van der Waals surface area contributed by atoms with E-state index in [4.69, 9.17) is 5.11 Å². The molecule has 0 radical (unpaired) electrons. The van der Waals surface area contributed by atoms with Crippen LogP contribution >= 0.6 is 0 Å². The molecule has 2 N–H and O–H groups in total. The number of carbonyl (C=O) groups is 2. The number of carboxylic acids is 1. The molecule has 114 valence electrons. The molecule has 2 rings (SSSR count). The average molecular weight is 290 g/mol. The van der Waals surface area contributed by atoms with Crippen molar-refractivity contribution in [2.75, 3.05) is 18.4 Å². The van der Waals surface area contributed by atoms with E-state index >= 15 is 0 Å². The molecule has 0 bridgehead atoms. The van der Waals surface area contributed by atoms with Crippen molar-refractivity contribution in [3.8, 4) is 0 Å². The number of likely N-dealkylation sites (tertiary alicyclic amines) is 1. The van der Waals surface area contributed by atoms with E-state index in [1.807, 2.05) is 24.3 Å². The quantitative estimate of drug-likeness (QED) is 0.898. The van der Waals surface area contributed by atoms with E-state index in [0.717, 1.165) is 12.1 Å². The fourth-order valence-corrected chi connectivity index (χ4v) is 2.52. The SMILES string of the molecule is CC(C)c1ccc(NC(=O)N2CCCC(C(=O)O)C2)cc1. The molecule has 5 nitrogen and oxygen atoms in total. The monoisotopic (exact) mass is 290 g/mol. The summed E-state index contributed by atoms with van der Waals surface area (Å²) in [6, 6.07) is 7.53. The number of rotatable bonds is 3. The van der Waals surface area contributed by atoms with E-state index in [1.54, 1.807) is 4.90 Å². The van der Waals surface area contributed by atoms with Crippen molar-refractivity contribution in [1.82, 2.24) is 4.90 Å². The summed E-state index contributed by atoms with van der Waals surface area (Å²) in [6.07, 6.45) is 1.37. The van der Waals surface area contributed by atoms with Gasteiger partial charge in [0, 0.05) is 18.8 Å². The third-order valence-corrected chi connectivity index (χ3v) is 3.89. The summed E-state index contributed by atoms with van der Waals surface area (Å²) in [5.74, 6) is -0.824. The van der Waals surface area contributed by atoms with E-state index in [9.17, 15) is 9.59 Å². The lowest BCUT2D eigenvalue weighted by Gasteiger charge is -2.30. The Morgan fingerprint density at radius 2 is 1.95 bits per heavy atom. The van der Waals surface area contributed by atoms with Crippen LogP contribution in [0.15, 0.2) is 24.3 Å². The van der Waals surface area contributed by atoms with Gasteiger partial charge >= 0.3 is 12.0 Å². The highest BCUT2D eigenvalue weighted by molar-refractivity contribution is 5.89. The van der Waals surface area contributed by atoms with Crippen LogP contribution in [0.25, 0.3) is 0 Å². The van der Waals surface area contributed by atoms with E-state index in [1.165, 1.54) is 5.56 Å². The van der Waals surface area contributed by atoms with Crippen molar-refractivity contribution in [2.24, 2.45) is 5.92 Å². The summed E-state index contributed by atoms with van der Waals surface area (Å²) in [5.41, 5.74) is 1.96. The Hall–Kier alpha value is -2.04. The zero-order valence-corrected chi connectivity index (χ0v) is 12.5. The number of aliphatic carboxylic acids is 1. The van der Waals surface area contributed by atoms with Gasteiger partial charge in [-0.2, -0.15) is 0 Å². The first-order valence-corrected chi connectivity index (χ1v) is 7.36. The topological polar surface area (TPSA) is 69.6 Å². The van der Waals surface area contributed by atoms with Gasteiger partial charge in [-0.1, -0.05) is 26.0 Å². The van der Waals surface area contributed by atoms with Crippen molar-refractivity contribution in [3.05, 3.63) is 29.8 Å². The number of amides is 2. The number of benzene rings is 1. The summed E-state index contributed by atoms with van der Waals surface area (Å²) >= 11 is 0. The Morgan fingerprint density at radius 3 is 2.52 bits per heavy atom. The maximum absolute atomic E-state index is 12.2. The third-order valence-electron chi connectivity index (χ3n) is 3.89. The zero-order chi connectivity index (χ0) is 15.4. The molecule has 1 aliphatic heterocycles. The van der Waals surface area contributed by atoms with E-state index in [0.29, 0.717) is 18.9 Å². The second-order valence-electron chi connectivity index (χ2n) is 5.83. The molecule has 1 aromatic rings. The number of nitrogens with zero attached hydrogens (tertiary/aromatic N) is 1. The van der Waals surface area contributed by atoms with E-state index in [2.05, 4.69) is 19.2 Å². The Balaban J connectivity index is 1.96. The number of carbonyl (C=O) groups excluding carboxylic acids is 1. The maximum atomic E-state index is 12.2. The van der Waals surface area contributed by atoms with Crippen molar-refractivity contribution >= 4 is 17.7 Å². The third kappa shape index (κ3) is 3.97. The van der Waals surface area contributed by atoms with E-state index < -0.39 is 11.9 Å². The minimum absolute atomic E-state index is 0.224. The fraction of sp³-hybridized carbons (Fsp3) is 0.500. The zero-order valence-electron chi connectivity index (χ0n) is 12.5. The molecular formula is C16H22N2O3. The summed E-state index contributed by atoms with van der Waals surface area (Å²) in [7, 11) is 0. The highest BCUT2D eigenvalue weighted by atomic mass is 16.4. The normalized spacial score (nSPS) is 18.6. The molecule has 1 aromatic carbocycles. The van der Waals surface area contributed by atoms with Crippen LogP contribution in [0, 0.1) is 5.92 Å². The summed E-state index contributed by atoms with van der Waals surface area (Å²) in [6.45, 7) is 5.13. The van der Waals surface area contributed by atoms with Gasteiger partial charge in [0.2, 0.25) is 0 Å². The minimum Gasteiger partial charge on any atom is -0.481 e. The summed E-state index contributed by atoms with van der Waals surface area (Å²) in [4.78, 5) is 24.8. The largest absolute Gasteiger partial charge is 0.481 e. The van der Waals surface area contributed by atoms with E-state index in [-0.39, 0.29) is 12.6 Å². The number of piperidine rings is 1. The number of nitrogens with one attached hydrogen (secondary N) is 1. The van der Waals surface area contributed by atoms with Crippen LogP contribution in [-0.4, -0.2) is 35.1 Å². The smallest absolute Gasteiger partial charge is 0.321 e. The molecular weight excluding hydrogens is 268 g/mol. The van der Waals surface area contributed by atoms with Gasteiger partial charge in [0.25, 0.3) is 0 Å². The number of hydrogen-bond acceptors (Lipinski definition) is 2. The standard InChI is InChI=1S/C16H22N2O3/c1-11(2)12-5-7-14(8-6-12)17-16(21)18-9-3-4-13(10-18)15(19)20/h5-8,11,13H,3-4,9-10H2,1-2H3,(H,17,21)(H,19,20). The number of anilines is 1. The lowest BCUT2D eigenvalue weighted by Crippen LogP contribution is -2.44. The number of urea groups is 1. The number of carboxylic acid groups (broad SMARTS) is 1. The van der Waals surface area contributed by atoms with Gasteiger partial charge in [0.05, 0.1) is 5.92 Å². The summed E-state index contributed by atoms with van der Waals surface area (Å²) < 4.78 is 0. The second-order valence-corrected chi connectivity index (χ2v) is 5.83. The molecule has 1 fully saturated rings. The lowest BCUT2D eigenvalue weighted by molar-refractivity contribution is -0.143. The predicted octanol–water partition coefficient (Wildman–Crippen LogP) is 3.14. The number of hydrogen-bond donors (Lipinski definition) is 2. The van der Waals surface area contributed by atoms with Gasteiger partial charge in [0.15, 0.2) is 0 Å². The maximum Gasteiger partial charge on any atom is 0.321 e. The first kappa shape index (κ1) is 15.4. The van der Waals surface area contributed by atoms with Gasteiger partial charge in [-0.25, -0.2) is 4.79 Å².